The van der Waals surface area contributed by atoms with Crippen LogP contribution in [0.1, 0.15) is 48.3 Å². The fraction of sp³-hybridized carbons (Fsp3) is 0.550. The zero-order valence-electron chi connectivity index (χ0n) is 15.5. The Balaban J connectivity index is 1.71. The summed E-state index contributed by atoms with van der Waals surface area (Å²) in [6.07, 6.45) is 4.77. The van der Waals surface area contributed by atoms with Gasteiger partial charge in [-0.1, -0.05) is 25.0 Å². The van der Waals surface area contributed by atoms with Crippen molar-refractivity contribution in [3.8, 4) is 0 Å². The van der Waals surface area contributed by atoms with E-state index in [1.807, 2.05) is 24.3 Å². The van der Waals surface area contributed by atoms with E-state index in [1.54, 1.807) is 0 Å². The molecule has 27 heavy (non-hydrogen) atoms. The summed E-state index contributed by atoms with van der Waals surface area (Å²) < 4.78 is 6.31. The van der Waals surface area contributed by atoms with Crippen molar-refractivity contribution < 1.29 is 14.3 Å². The number of thiazole rings is 1. The summed E-state index contributed by atoms with van der Waals surface area (Å²) in [5.41, 5.74) is 6.38. The van der Waals surface area contributed by atoms with Crippen LogP contribution in [0.3, 0.4) is 0 Å². The van der Waals surface area contributed by atoms with Crippen molar-refractivity contribution in [3.05, 3.63) is 29.3 Å². The second-order valence-electron chi connectivity index (χ2n) is 6.94. The highest BCUT2D eigenvalue weighted by Gasteiger charge is 2.28. The van der Waals surface area contributed by atoms with Crippen molar-refractivity contribution in [1.82, 2.24) is 10.3 Å². The molecule has 1 saturated heterocycles. The summed E-state index contributed by atoms with van der Waals surface area (Å²) in [5, 5.41) is 3.46. The number of amides is 1. The maximum Gasteiger partial charge on any atom is 0.223 e. The van der Waals surface area contributed by atoms with Crippen LogP contribution in [0.25, 0.3) is 10.2 Å². The normalized spacial score (nSPS) is 16.3. The first-order valence-electron chi connectivity index (χ1n) is 9.67. The highest BCUT2D eigenvalue weighted by atomic mass is 32.1. The van der Waals surface area contributed by atoms with Crippen LogP contribution in [0.5, 0.6) is 0 Å². The first kappa shape index (κ1) is 19.9. The molecule has 0 radical (unpaired) electrons. The molecule has 0 bridgehead atoms. The molecule has 6 nitrogen and oxygen atoms in total. The van der Waals surface area contributed by atoms with Gasteiger partial charge in [0.15, 0.2) is 5.01 Å². The second kappa shape index (κ2) is 9.92. The number of hydrogen-bond donors (Lipinski definition) is 2. The van der Waals surface area contributed by atoms with Gasteiger partial charge in [-0.05, 0) is 44.4 Å². The van der Waals surface area contributed by atoms with E-state index in [9.17, 15) is 9.59 Å². The lowest BCUT2D eigenvalue weighted by Crippen LogP contribution is -2.44. The first-order valence-corrected chi connectivity index (χ1v) is 10.5. The predicted molar refractivity (Wildman–Crippen MR) is 107 cm³/mol. The van der Waals surface area contributed by atoms with Crippen LogP contribution >= 0.6 is 11.3 Å². The van der Waals surface area contributed by atoms with Crippen LogP contribution in [0, 0.1) is 5.92 Å². The largest absolute Gasteiger partial charge is 0.381 e. The quantitative estimate of drug-likeness (QED) is 0.508. The maximum absolute atomic E-state index is 13.1. The molecule has 146 valence electrons. The standard InChI is InChI=1S/C20H27N3O3S/c21-11-5-1-2-7-16(22-19(25)14-9-12-26-13-10-14)18(24)20-23-15-6-3-4-8-17(15)27-20/h3-4,6,8,14,16H,1-2,5,7,9-13,21H2,(H,22,25)/t16-/m0/s1. The third-order valence-corrected chi connectivity index (χ3v) is 5.98. The number of nitrogens with zero attached hydrogens (tertiary/aromatic N) is 1. The number of nitrogens with two attached hydrogens (primary N) is 1. The minimum Gasteiger partial charge on any atom is -0.381 e. The smallest absolute Gasteiger partial charge is 0.223 e. The van der Waals surface area contributed by atoms with E-state index >= 15 is 0 Å². The van der Waals surface area contributed by atoms with E-state index in [2.05, 4.69) is 10.3 Å². The van der Waals surface area contributed by atoms with Gasteiger partial charge >= 0.3 is 0 Å². The van der Waals surface area contributed by atoms with E-state index in [0.29, 0.717) is 44.0 Å². The zero-order chi connectivity index (χ0) is 19.1. The Morgan fingerprint density at radius 1 is 1.22 bits per heavy atom. The van der Waals surface area contributed by atoms with Crippen molar-refractivity contribution in [3.63, 3.8) is 0 Å². The van der Waals surface area contributed by atoms with Crippen LogP contribution in [-0.2, 0) is 9.53 Å². The Bertz CT molecular complexity index is 738. The number of rotatable bonds is 9. The molecule has 0 aliphatic carbocycles. The summed E-state index contributed by atoms with van der Waals surface area (Å²) in [6, 6.07) is 7.18. The van der Waals surface area contributed by atoms with Gasteiger partial charge in [-0.25, -0.2) is 4.98 Å². The summed E-state index contributed by atoms with van der Waals surface area (Å²) >= 11 is 1.39. The van der Waals surface area contributed by atoms with E-state index in [0.717, 1.165) is 29.5 Å². The number of fused-ring (bicyclic) bond motifs is 1. The summed E-state index contributed by atoms with van der Waals surface area (Å²) in [7, 11) is 0. The Kier molecular flexibility index (Phi) is 7.32. The zero-order valence-corrected chi connectivity index (χ0v) is 16.3. The third kappa shape index (κ3) is 5.34. The minimum absolute atomic E-state index is 0.0448. The number of hydrogen-bond acceptors (Lipinski definition) is 6. The van der Waals surface area contributed by atoms with Gasteiger partial charge < -0.3 is 15.8 Å². The SMILES string of the molecule is NCCCCC[C@H](NC(=O)C1CCOCC1)C(=O)c1nc2ccccc2s1. The fourth-order valence-corrected chi connectivity index (χ4v) is 4.27. The number of ketones is 1. The molecule has 1 fully saturated rings. The van der Waals surface area contributed by atoms with Crippen LogP contribution in [-0.4, -0.2) is 42.5 Å². The van der Waals surface area contributed by atoms with Crippen LogP contribution in [0.2, 0.25) is 0 Å². The van der Waals surface area contributed by atoms with E-state index in [1.165, 1.54) is 11.3 Å². The van der Waals surface area contributed by atoms with Gasteiger partial charge in [0.05, 0.1) is 16.3 Å². The number of carbonyl (C=O) groups excluding carboxylic acids is 2. The molecular formula is C20H27N3O3S. The lowest BCUT2D eigenvalue weighted by molar-refractivity contribution is -0.128. The Labute approximate surface area is 163 Å². The maximum atomic E-state index is 13.1. The summed E-state index contributed by atoms with van der Waals surface area (Å²) in [6.45, 7) is 1.85. The topological polar surface area (TPSA) is 94.3 Å². The number of para-hydroxylation sites is 1. The summed E-state index contributed by atoms with van der Waals surface area (Å²) in [4.78, 5) is 30.2. The first-order chi connectivity index (χ1) is 13.2. The minimum atomic E-state index is -0.529. The van der Waals surface area contributed by atoms with Gasteiger partial charge in [0.1, 0.15) is 0 Å². The van der Waals surface area contributed by atoms with Gasteiger partial charge in [-0.2, -0.15) is 0 Å². The number of carbonyl (C=O) groups is 2. The van der Waals surface area contributed by atoms with Crippen LogP contribution in [0.4, 0.5) is 0 Å². The number of aromatic nitrogens is 1. The molecule has 0 spiro atoms. The van der Waals surface area contributed by atoms with E-state index in [-0.39, 0.29) is 17.6 Å². The third-order valence-electron chi connectivity index (χ3n) is 4.93. The number of nitrogens with one attached hydrogen (secondary N) is 1. The second-order valence-corrected chi connectivity index (χ2v) is 7.97. The fourth-order valence-electron chi connectivity index (χ4n) is 3.31. The molecule has 1 aromatic carbocycles. The molecule has 3 rings (SSSR count). The molecule has 2 heterocycles. The Hall–Kier alpha value is -1.83. The van der Waals surface area contributed by atoms with Gasteiger partial charge in [0.2, 0.25) is 11.7 Å². The highest BCUT2D eigenvalue weighted by Crippen LogP contribution is 2.24. The molecule has 1 aliphatic heterocycles. The van der Waals surface area contributed by atoms with E-state index < -0.39 is 6.04 Å². The number of benzene rings is 1. The van der Waals surface area contributed by atoms with Crippen LogP contribution < -0.4 is 11.1 Å². The monoisotopic (exact) mass is 389 g/mol. The number of unbranched alkanes of at least 4 members (excludes halogenated alkanes) is 2. The molecule has 2 aromatic rings. The molecule has 1 aromatic heterocycles. The van der Waals surface area contributed by atoms with Gasteiger partial charge in [-0.3, -0.25) is 9.59 Å². The van der Waals surface area contributed by atoms with Crippen molar-refractivity contribution >= 4 is 33.2 Å². The lowest BCUT2D eigenvalue weighted by atomic mass is 9.97. The Morgan fingerprint density at radius 3 is 2.74 bits per heavy atom. The number of ether oxygens (including phenoxy) is 1. The van der Waals surface area contributed by atoms with Crippen molar-refractivity contribution in [2.45, 2.75) is 44.6 Å². The van der Waals surface area contributed by atoms with Crippen molar-refractivity contribution in [2.75, 3.05) is 19.8 Å². The molecule has 0 saturated carbocycles. The Morgan fingerprint density at radius 2 is 2.00 bits per heavy atom. The molecule has 0 unspecified atom stereocenters. The molecule has 1 amide bonds. The van der Waals surface area contributed by atoms with Gasteiger partial charge in [0.25, 0.3) is 0 Å². The molecule has 7 heteroatoms. The van der Waals surface area contributed by atoms with Gasteiger partial charge in [0, 0.05) is 19.1 Å². The molecule has 1 atom stereocenters. The average molecular weight is 390 g/mol. The van der Waals surface area contributed by atoms with Crippen molar-refractivity contribution in [2.24, 2.45) is 11.7 Å². The summed E-state index contributed by atoms with van der Waals surface area (Å²) in [5.74, 6) is -0.214. The average Bonchev–Trinajstić information content (AvgIpc) is 3.14. The highest BCUT2D eigenvalue weighted by molar-refractivity contribution is 7.20. The molecular weight excluding hydrogens is 362 g/mol. The lowest BCUT2D eigenvalue weighted by Gasteiger charge is -2.24. The predicted octanol–water partition coefficient (Wildman–Crippen LogP) is 2.91. The van der Waals surface area contributed by atoms with Gasteiger partial charge in [-0.15, -0.1) is 11.3 Å². The van der Waals surface area contributed by atoms with Crippen molar-refractivity contribution in [1.29, 1.82) is 0 Å². The van der Waals surface area contributed by atoms with E-state index in [4.69, 9.17) is 10.5 Å². The number of Topliss-reactive ketones (excluding diaryl/α,β-unsaturated/α-hetero) is 1. The van der Waals surface area contributed by atoms with Crippen LogP contribution in [0.15, 0.2) is 24.3 Å². The molecule has 3 N–H and O–H groups in total. The molecule has 1 aliphatic rings.